The lowest BCUT2D eigenvalue weighted by Gasteiger charge is -2.16. The predicted molar refractivity (Wildman–Crippen MR) is 74.2 cm³/mol. The Morgan fingerprint density at radius 2 is 2.18 bits per heavy atom. The highest BCUT2D eigenvalue weighted by molar-refractivity contribution is 9.10. The minimum Gasteiger partial charge on any atom is -0.316 e. The van der Waals surface area contributed by atoms with Crippen LogP contribution in [-0.2, 0) is 13.5 Å². The number of halogens is 1. The van der Waals surface area contributed by atoms with E-state index in [1.54, 1.807) is 0 Å². The average Bonchev–Trinajstić information content (AvgIpc) is 3.00. The van der Waals surface area contributed by atoms with Gasteiger partial charge in [0.25, 0.3) is 0 Å². The summed E-state index contributed by atoms with van der Waals surface area (Å²) in [4.78, 5) is 0. The number of aryl methyl sites for hydroxylation is 2. The van der Waals surface area contributed by atoms with Crippen LogP contribution in [0, 0.1) is 12.3 Å². The van der Waals surface area contributed by atoms with Gasteiger partial charge in [-0.05, 0) is 60.5 Å². The molecule has 0 spiro atoms. The highest BCUT2D eigenvalue weighted by Crippen LogP contribution is 2.48. The third-order valence-electron chi connectivity index (χ3n) is 3.69. The van der Waals surface area contributed by atoms with Crippen molar-refractivity contribution in [1.82, 2.24) is 15.1 Å². The Morgan fingerprint density at radius 3 is 2.65 bits per heavy atom. The first-order chi connectivity index (χ1) is 8.08. The Bertz CT molecular complexity index is 394. The summed E-state index contributed by atoms with van der Waals surface area (Å²) in [6, 6.07) is 0. The van der Waals surface area contributed by atoms with Crippen LogP contribution in [0.2, 0.25) is 0 Å². The van der Waals surface area contributed by atoms with Crippen molar-refractivity contribution < 1.29 is 0 Å². The zero-order valence-corrected chi connectivity index (χ0v) is 12.6. The topological polar surface area (TPSA) is 29.9 Å². The molecule has 1 saturated carbocycles. The summed E-state index contributed by atoms with van der Waals surface area (Å²) >= 11 is 3.66. The van der Waals surface area contributed by atoms with E-state index in [4.69, 9.17) is 0 Å². The number of hydrogen-bond donors (Lipinski definition) is 1. The smallest absolute Gasteiger partial charge is 0.0738 e. The monoisotopic (exact) mass is 299 g/mol. The van der Waals surface area contributed by atoms with Crippen LogP contribution in [0.5, 0.6) is 0 Å². The molecule has 1 heterocycles. The Kier molecular flexibility index (Phi) is 3.93. The molecule has 0 saturated heterocycles. The fourth-order valence-corrected chi connectivity index (χ4v) is 2.83. The highest BCUT2D eigenvalue weighted by atomic mass is 79.9. The van der Waals surface area contributed by atoms with Crippen molar-refractivity contribution in [2.75, 3.05) is 13.1 Å². The molecule has 1 aromatic heterocycles. The standard InChI is InChI=1S/C13H22BrN3/c1-4-7-15-9-13(5-6-13)8-11-12(14)10(2)16-17(11)3/h15H,4-9H2,1-3H3. The molecule has 1 N–H and O–H groups in total. The average molecular weight is 300 g/mol. The van der Waals surface area contributed by atoms with E-state index in [0.717, 1.165) is 25.2 Å². The molecule has 4 heteroatoms. The van der Waals surface area contributed by atoms with E-state index in [1.807, 2.05) is 11.7 Å². The fourth-order valence-electron chi connectivity index (χ4n) is 2.35. The summed E-state index contributed by atoms with van der Waals surface area (Å²) in [6.45, 7) is 6.56. The quantitative estimate of drug-likeness (QED) is 0.819. The summed E-state index contributed by atoms with van der Waals surface area (Å²) in [5.41, 5.74) is 2.94. The van der Waals surface area contributed by atoms with Crippen LogP contribution in [-0.4, -0.2) is 22.9 Å². The molecule has 0 unspecified atom stereocenters. The summed E-state index contributed by atoms with van der Waals surface area (Å²) in [7, 11) is 2.04. The van der Waals surface area contributed by atoms with Gasteiger partial charge in [-0.25, -0.2) is 0 Å². The molecule has 17 heavy (non-hydrogen) atoms. The molecular weight excluding hydrogens is 278 g/mol. The van der Waals surface area contributed by atoms with E-state index in [9.17, 15) is 0 Å². The Labute approximate surface area is 112 Å². The van der Waals surface area contributed by atoms with Gasteiger partial charge in [0.1, 0.15) is 0 Å². The normalized spacial score (nSPS) is 17.4. The predicted octanol–water partition coefficient (Wildman–Crippen LogP) is 2.81. The van der Waals surface area contributed by atoms with E-state index in [-0.39, 0.29) is 0 Å². The third kappa shape index (κ3) is 2.91. The van der Waals surface area contributed by atoms with E-state index >= 15 is 0 Å². The second-order valence-corrected chi connectivity index (χ2v) is 6.12. The lowest BCUT2D eigenvalue weighted by Crippen LogP contribution is -2.26. The van der Waals surface area contributed by atoms with E-state index in [2.05, 4.69) is 40.2 Å². The maximum atomic E-state index is 4.47. The minimum atomic E-state index is 0.498. The first-order valence-corrected chi connectivity index (χ1v) is 7.26. The summed E-state index contributed by atoms with van der Waals surface area (Å²) < 4.78 is 3.22. The van der Waals surface area contributed by atoms with Gasteiger partial charge in [0, 0.05) is 13.6 Å². The van der Waals surface area contributed by atoms with Crippen LogP contribution in [0.1, 0.15) is 37.6 Å². The van der Waals surface area contributed by atoms with Crippen LogP contribution in [0.4, 0.5) is 0 Å². The molecule has 1 aromatic rings. The van der Waals surface area contributed by atoms with Crippen LogP contribution in [0.3, 0.4) is 0 Å². The van der Waals surface area contributed by atoms with Crippen LogP contribution in [0.15, 0.2) is 4.47 Å². The van der Waals surface area contributed by atoms with Crippen LogP contribution >= 0.6 is 15.9 Å². The van der Waals surface area contributed by atoms with Gasteiger partial charge in [-0.1, -0.05) is 6.92 Å². The van der Waals surface area contributed by atoms with E-state index in [0.29, 0.717) is 5.41 Å². The minimum absolute atomic E-state index is 0.498. The number of rotatable bonds is 6. The molecule has 96 valence electrons. The molecule has 1 aliphatic carbocycles. The molecule has 0 aromatic carbocycles. The molecular formula is C13H22BrN3. The zero-order valence-electron chi connectivity index (χ0n) is 11.0. The van der Waals surface area contributed by atoms with Gasteiger partial charge >= 0.3 is 0 Å². The van der Waals surface area contributed by atoms with Gasteiger partial charge in [0.2, 0.25) is 0 Å². The van der Waals surface area contributed by atoms with Crippen molar-refractivity contribution in [2.45, 2.75) is 39.5 Å². The number of nitrogens with zero attached hydrogens (tertiary/aromatic N) is 2. The Balaban J connectivity index is 2.00. The molecule has 0 atom stereocenters. The van der Waals surface area contributed by atoms with Gasteiger partial charge in [0.05, 0.1) is 15.9 Å². The molecule has 0 amide bonds. The van der Waals surface area contributed by atoms with E-state index in [1.165, 1.54) is 29.4 Å². The summed E-state index contributed by atoms with van der Waals surface area (Å²) in [5, 5.41) is 8.03. The van der Waals surface area contributed by atoms with Crippen molar-refractivity contribution in [3.8, 4) is 0 Å². The van der Waals surface area contributed by atoms with Crippen LogP contribution < -0.4 is 5.32 Å². The Hall–Kier alpha value is -0.350. The van der Waals surface area contributed by atoms with E-state index < -0.39 is 0 Å². The van der Waals surface area contributed by atoms with Crippen molar-refractivity contribution in [1.29, 1.82) is 0 Å². The maximum absolute atomic E-state index is 4.47. The SMILES string of the molecule is CCCNCC1(Cc2c(Br)c(C)nn2C)CC1. The first-order valence-electron chi connectivity index (χ1n) is 6.47. The van der Waals surface area contributed by atoms with Crippen molar-refractivity contribution in [3.63, 3.8) is 0 Å². The molecule has 1 aliphatic rings. The fraction of sp³-hybridized carbons (Fsp3) is 0.769. The van der Waals surface area contributed by atoms with Gasteiger partial charge in [-0.3, -0.25) is 4.68 Å². The second kappa shape index (κ2) is 5.11. The molecule has 0 radical (unpaired) electrons. The lowest BCUT2D eigenvalue weighted by atomic mass is 10.00. The van der Waals surface area contributed by atoms with Gasteiger partial charge < -0.3 is 5.32 Å². The zero-order chi connectivity index (χ0) is 12.5. The summed E-state index contributed by atoms with van der Waals surface area (Å²) in [5.74, 6) is 0. The second-order valence-electron chi connectivity index (χ2n) is 5.32. The highest BCUT2D eigenvalue weighted by Gasteiger charge is 2.43. The molecule has 1 fully saturated rings. The van der Waals surface area contributed by atoms with Gasteiger partial charge in [0.15, 0.2) is 0 Å². The molecule has 0 aliphatic heterocycles. The van der Waals surface area contributed by atoms with Gasteiger partial charge in [-0.15, -0.1) is 0 Å². The lowest BCUT2D eigenvalue weighted by molar-refractivity contribution is 0.442. The molecule has 3 nitrogen and oxygen atoms in total. The number of hydrogen-bond acceptors (Lipinski definition) is 2. The van der Waals surface area contributed by atoms with Crippen molar-refractivity contribution >= 4 is 15.9 Å². The van der Waals surface area contributed by atoms with Crippen molar-refractivity contribution in [3.05, 3.63) is 15.9 Å². The molecule has 0 bridgehead atoms. The third-order valence-corrected chi connectivity index (χ3v) is 4.72. The van der Waals surface area contributed by atoms with Gasteiger partial charge in [-0.2, -0.15) is 5.10 Å². The maximum Gasteiger partial charge on any atom is 0.0738 e. The Morgan fingerprint density at radius 1 is 1.47 bits per heavy atom. The summed E-state index contributed by atoms with van der Waals surface area (Å²) in [6.07, 6.45) is 5.05. The van der Waals surface area contributed by atoms with Crippen molar-refractivity contribution in [2.24, 2.45) is 12.5 Å². The van der Waals surface area contributed by atoms with Crippen LogP contribution in [0.25, 0.3) is 0 Å². The first kappa shape index (κ1) is 13.1. The number of nitrogens with one attached hydrogen (secondary N) is 1. The number of aromatic nitrogens is 2. The molecule has 2 rings (SSSR count). The largest absolute Gasteiger partial charge is 0.316 e.